The quantitative estimate of drug-likeness (QED) is 0.840. The molecule has 0 bridgehead atoms. The minimum Gasteiger partial charge on any atom is -0.481 e. The minimum absolute atomic E-state index is 0.112. The van der Waals surface area contributed by atoms with Crippen molar-refractivity contribution >= 4 is 28.6 Å². The highest BCUT2D eigenvalue weighted by atomic mass is 35.5. The van der Waals surface area contributed by atoms with Gasteiger partial charge < -0.3 is 10.1 Å². The lowest BCUT2D eigenvalue weighted by Gasteiger charge is -1.91. The van der Waals surface area contributed by atoms with E-state index in [1.807, 2.05) is 6.07 Å². The van der Waals surface area contributed by atoms with Gasteiger partial charge in [-0.2, -0.15) is 0 Å². The highest BCUT2D eigenvalue weighted by Gasteiger charge is 2.04. The van der Waals surface area contributed by atoms with E-state index in [1.54, 1.807) is 12.3 Å². The number of halogens is 1. The molecule has 5 heteroatoms. The van der Waals surface area contributed by atoms with Gasteiger partial charge >= 0.3 is 5.97 Å². The van der Waals surface area contributed by atoms with Gasteiger partial charge in [0.05, 0.1) is 22.5 Å². The van der Waals surface area contributed by atoms with Crippen molar-refractivity contribution in [2.45, 2.75) is 12.8 Å². The van der Waals surface area contributed by atoms with E-state index in [2.05, 4.69) is 9.97 Å². The zero-order valence-electron chi connectivity index (χ0n) is 7.83. The zero-order chi connectivity index (χ0) is 10.8. The van der Waals surface area contributed by atoms with Crippen LogP contribution in [-0.4, -0.2) is 21.0 Å². The number of carboxylic acid groups (broad SMARTS) is 1. The first-order valence-corrected chi connectivity index (χ1v) is 4.88. The van der Waals surface area contributed by atoms with Crippen molar-refractivity contribution in [3.8, 4) is 0 Å². The number of rotatable bonds is 3. The van der Waals surface area contributed by atoms with E-state index in [9.17, 15) is 4.79 Å². The molecule has 0 aliphatic rings. The van der Waals surface area contributed by atoms with Crippen LogP contribution in [0.15, 0.2) is 18.3 Å². The number of aliphatic carboxylic acids is 1. The molecule has 78 valence electrons. The van der Waals surface area contributed by atoms with E-state index in [-0.39, 0.29) is 6.42 Å². The zero-order valence-corrected chi connectivity index (χ0v) is 8.58. The average molecular weight is 225 g/mol. The van der Waals surface area contributed by atoms with Crippen molar-refractivity contribution in [2.75, 3.05) is 0 Å². The fourth-order valence-corrected chi connectivity index (χ4v) is 1.57. The molecule has 4 nitrogen and oxygen atoms in total. The number of carboxylic acids is 1. The Morgan fingerprint density at radius 3 is 3.07 bits per heavy atom. The van der Waals surface area contributed by atoms with Gasteiger partial charge in [-0.3, -0.25) is 9.78 Å². The highest BCUT2D eigenvalue weighted by molar-refractivity contribution is 6.31. The number of aryl methyl sites for hydroxylation is 1. The van der Waals surface area contributed by atoms with Crippen LogP contribution in [0, 0.1) is 0 Å². The van der Waals surface area contributed by atoms with Crippen molar-refractivity contribution in [3.05, 3.63) is 29.0 Å². The van der Waals surface area contributed by atoms with E-state index in [0.717, 1.165) is 16.7 Å². The van der Waals surface area contributed by atoms with Crippen LogP contribution < -0.4 is 0 Å². The Hall–Kier alpha value is -1.55. The summed E-state index contributed by atoms with van der Waals surface area (Å²) in [5.41, 5.74) is 2.50. The molecule has 0 saturated heterocycles. The predicted octanol–water partition coefficient (Wildman–Crippen LogP) is 2.23. The van der Waals surface area contributed by atoms with Gasteiger partial charge in [-0.15, -0.1) is 0 Å². The SMILES string of the molecule is O=C(O)CCc1cc2ncc(Cl)cc2[nH]1. The van der Waals surface area contributed by atoms with Gasteiger partial charge in [-0.25, -0.2) is 0 Å². The Labute approximate surface area is 90.9 Å². The largest absolute Gasteiger partial charge is 0.481 e. The average Bonchev–Trinajstić information content (AvgIpc) is 2.56. The van der Waals surface area contributed by atoms with Crippen LogP contribution in [0.5, 0.6) is 0 Å². The molecule has 0 amide bonds. The van der Waals surface area contributed by atoms with Crippen LogP contribution in [0.2, 0.25) is 5.02 Å². The fraction of sp³-hybridized carbons (Fsp3) is 0.200. The number of hydrogen-bond acceptors (Lipinski definition) is 2. The lowest BCUT2D eigenvalue weighted by molar-refractivity contribution is -0.136. The van der Waals surface area contributed by atoms with Crippen molar-refractivity contribution in [2.24, 2.45) is 0 Å². The molecule has 2 heterocycles. The maximum Gasteiger partial charge on any atom is 0.303 e. The summed E-state index contributed by atoms with van der Waals surface area (Å²) in [6.45, 7) is 0. The van der Waals surface area contributed by atoms with E-state index in [4.69, 9.17) is 16.7 Å². The summed E-state index contributed by atoms with van der Waals surface area (Å²) in [5.74, 6) is -0.806. The summed E-state index contributed by atoms with van der Waals surface area (Å²) in [6, 6.07) is 3.61. The van der Waals surface area contributed by atoms with Crippen LogP contribution in [-0.2, 0) is 11.2 Å². The number of nitrogens with zero attached hydrogens (tertiary/aromatic N) is 1. The van der Waals surface area contributed by atoms with Crippen LogP contribution in [0.1, 0.15) is 12.1 Å². The minimum atomic E-state index is -0.806. The fourth-order valence-electron chi connectivity index (χ4n) is 1.42. The molecule has 2 aromatic rings. The topological polar surface area (TPSA) is 66.0 Å². The molecular weight excluding hydrogens is 216 g/mol. The maximum absolute atomic E-state index is 10.4. The number of aromatic amines is 1. The predicted molar refractivity (Wildman–Crippen MR) is 57.1 cm³/mol. The number of hydrogen-bond donors (Lipinski definition) is 2. The second-order valence-electron chi connectivity index (χ2n) is 3.27. The Morgan fingerprint density at radius 1 is 1.53 bits per heavy atom. The molecule has 0 aromatic carbocycles. The molecule has 2 N–H and O–H groups in total. The molecule has 0 fully saturated rings. The van der Waals surface area contributed by atoms with Gasteiger partial charge in [0.15, 0.2) is 0 Å². The molecule has 15 heavy (non-hydrogen) atoms. The standard InChI is InChI=1S/C10H9ClN2O2/c11-6-3-9-8(12-5-6)4-7(13-9)1-2-10(14)15/h3-5,13H,1-2H2,(H,14,15). The Balaban J connectivity index is 2.27. The molecular formula is C10H9ClN2O2. The molecule has 0 aliphatic heterocycles. The number of nitrogens with one attached hydrogen (secondary N) is 1. The van der Waals surface area contributed by atoms with Crippen molar-refractivity contribution < 1.29 is 9.90 Å². The molecule has 0 unspecified atom stereocenters. The van der Waals surface area contributed by atoms with Crippen molar-refractivity contribution in [3.63, 3.8) is 0 Å². The second kappa shape index (κ2) is 3.90. The molecule has 2 rings (SSSR count). The first-order valence-electron chi connectivity index (χ1n) is 4.50. The monoisotopic (exact) mass is 224 g/mol. The van der Waals surface area contributed by atoms with E-state index < -0.39 is 5.97 Å². The number of aromatic nitrogens is 2. The maximum atomic E-state index is 10.4. The van der Waals surface area contributed by atoms with Gasteiger partial charge in [0.25, 0.3) is 0 Å². The first kappa shape index (κ1) is 9.98. The van der Waals surface area contributed by atoms with Crippen LogP contribution >= 0.6 is 11.6 Å². The summed E-state index contributed by atoms with van der Waals surface area (Å²) in [5, 5.41) is 9.11. The number of pyridine rings is 1. The molecule has 0 atom stereocenters. The van der Waals surface area contributed by atoms with Gasteiger partial charge in [0, 0.05) is 11.9 Å². The Morgan fingerprint density at radius 2 is 2.33 bits per heavy atom. The second-order valence-corrected chi connectivity index (χ2v) is 3.71. The van der Waals surface area contributed by atoms with Crippen LogP contribution in [0.4, 0.5) is 0 Å². The molecule has 0 aliphatic carbocycles. The highest BCUT2D eigenvalue weighted by Crippen LogP contribution is 2.17. The summed E-state index contributed by atoms with van der Waals surface area (Å²) in [6.07, 6.45) is 2.16. The summed E-state index contributed by atoms with van der Waals surface area (Å²) >= 11 is 5.78. The molecule has 2 aromatic heterocycles. The van der Waals surface area contributed by atoms with Crippen LogP contribution in [0.25, 0.3) is 11.0 Å². The van der Waals surface area contributed by atoms with Gasteiger partial charge in [-0.05, 0) is 18.6 Å². The molecule has 0 spiro atoms. The Bertz CT molecular complexity index is 507. The van der Waals surface area contributed by atoms with E-state index in [0.29, 0.717) is 11.4 Å². The lowest BCUT2D eigenvalue weighted by atomic mass is 10.2. The summed E-state index contributed by atoms with van der Waals surface area (Å²) in [4.78, 5) is 17.6. The molecule has 0 radical (unpaired) electrons. The third-order valence-corrected chi connectivity index (χ3v) is 2.31. The summed E-state index contributed by atoms with van der Waals surface area (Å²) < 4.78 is 0. The van der Waals surface area contributed by atoms with Gasteiger partial charge in [-0.1, -0.05) is 11.6 Å². The lowest BCUT2D eigenvalue weighted by Crippen LogP contribution is -1.97. The number of carbonyl (C=O) groups is 1. The van der Waals surface area contributed by atoms with E-state index >= 15 is 0 Å². The van der Waals surface area contributed by atoms with Crippen molar-refractivity contribution in [1.82, 2.24) is 9.97 Å². The summed E-state index contributed by atoms with van der Waals surface area (Å²) in [7, 11) is 0. The van der Waals surface area contributed by atoms with Crippen LogP contribution in [0.3, 0.4) is 0 Å². The first-order chi connectivity index (χ1) is 7.15. The third kappa shape index (κ3) is 2.27. The van der Waals surface area contributed by atoms with E-state index in [1.165, 1.54) is 0 Å². The molecule has 0 saturated carbocycles. The normalized spacial score (nSPS) is 10.7. The van der Waals surface area contributed by atoms with Gasteiger partial charge in [0.2, 0.25) is 0 Å². The van der Waals surface area contributed by atoms with Crippen molar-refractivity contribution in [1.29, 1.82) is 0 Å². The Kier molecular flexibility index (Phi) is 2.60. The number of fused-ring (bicyclic) bond motifs is 1. The van der Waals surface area contributed by atoms with Gasteiger partial charge in [0.1, 0.15) is 0 Å². The smallest absolute Gasteiger partial charge is 0.303 e. The number of H-pyrrole nitrogens is 1. The third-order valence-electron chi connectivity index (χ3n) is 2.10.